The van der Waals surface area contributed by atoms with E-state index >= 15 is 0 Å². The molecule has 1 N–H and O–H groups in total. The minimum Gasteiger partial charge on any atom is -0.381 e. The quantitative estimate of drug-likeness (QED) is 0.610. The molecular weight excluding hydrogens is 397 g/mol. The SMILES string of the molecule is Cc1c(C(=O)NCC2(c3ccc(Cl)cc3)CCOCC2)sc2ccc(F)cc12. The normalized spacial score (nSPS) is 16.2. The Balaban J connectivity index is 1.58. The van der Waals surface area contributed by atoms with Gasteiger partial charge in [-0.05, 0) is 66.6 Å². The number of fused-ring (bicyclic) bond motifs is 1. The van der Waals surface area contributed by atoms with Crippen molar-refractivity contribution in [3.05, 3.63) is 69.3 Å². The Morgan fingerprint density at radius 3 is 2.64 bits per heavy atom. The standard InChI is InChI=1S/C22H21ClFNO2S/c1-14-18-12-17(24)6-7-19(18)28-20(14)21(26)25-13-22(8-10-27-11-9-22)15-2-4-16(23)5-3-15/h2-7,12H,8-11,13H2,1H3,(H,25,26). The van der Waals surface area contributed by atoms with Crippen molar-refractivity contribution in [2.24, 2.45) is 0 Å². The highest BCUT2D eigenvalue weighted by molar-refractivity contribution is 7.21. The van der Waals surface area contributed by atoms with Crippen LogP contribution in [-0.4, -0.2) is 25.7 Å². The molecule has 2 heterocycles. The van der Waals surface area contributed by atoms with Gasteiger partial charge in [0.05, 0.1) is 4.88 Å². The summed E-state index contributed by atoms with van der Waals surface area (Å²) in [7, 11) is 0. The topological polar surface area (TPSA) is 38.3 Å². The van der Waals surface area contributed by atoms with E-state index in [1.807, 2.05) is 31.2 Å². The van der Waals surface area contributed by atoms with Crippen molar-refractivity contribution in [3.63, 3.8) is 0 Å². The van der Waals surface area contributed by atoms with Gasteiger partial charge >= 0.3 is 0 Å². The second-order valence-electron chi connectivity index (χ2n) is 7.28. The fourth-order valence-electron chi connectivity index (χ4n) is 3.87. The van der Waals surface area contributed by atoms with Crippen molar-refractivity contribution in [1.29, 1.82) is 0 Å². The second-order valence-corrected chi connectivity index (χ2v) is 8.77. The van der Waals surface area contributed by atoms with Gasteiger partial charge < -0.3 is 10.1 Å². The lowest BCUT2D eigenvalue weighted by atomic mass is 9.74. The Labute approximate surface area is 172 Å². The lowest BCUT2D eigenvalue weighted by molar-refractivity contribution is 0.0487. The predicted molar refractivity (Wildman–Crippen MR) is 112 cm³/mol. The lowest BCUT2D eigenvalue weighted by Crippen LogP contribution is -2.44. The fourth-order valence-corrected chi connectivity index (χ4v) is 5.10. The summed E-state index contributed by atoms with van der Waals surface area (Å²) < 4.78 is 20.0. The molecule has 4 rings (SSSR count). The second kappa shape index (κ2) is 7.82. The number of nitrogens with one attached hydrogen (secondary N) is 1. The molecule has 3 aromatic rings. The number of amides is 1. The molecule has 0 saturated carbocycles. The Hall–Kier alpha value is -1.95. The zero-order chi connectivity index (χ0) is 19.7. The summed E-state index contributed by atoms with van der Waals surface area (Å²) in [5, 5.41) is 4.63. The number of rotatable bonds is 4. The summed E-state index contributed by atoms with van der Waals surface area (Å²) in [5.74, 6) is -0.400. The minimum atomic E-state index is -0.288. The largest absolute Gasteiger partial charge is 0.381 e. The van der Waals surface area contributed by atoms with E-state index in [1.54, 1.807) is 6.07 Å². The third kappa shape index (κ3) is 3.66. The van der Waals surface area contributed by atoms with Crippen LogP contribution in [0.3, 0.4) is 0 Å². The highest BCUT2D eigenvalue weighted by Gasteiger charge is 2.35. The molecule has 0 aliphatic carbocycles. The molecule has 0 spiro atoms. The van der Waals surface area contributed by atoms with Crippen molar-refractivity contribution in [3.8, 4) is 0 Å². The van der Waals surface area contributed by atoms with Crippen LogP contribution in [0.15, 0.2) is 42.5 Å². The molecule has 1 saturated heterocycles. The lowest BCUT2D eigenvalue weighted by Gasteiger charge is -2.38. The van der Waals surface area contributed by atoms with E-state index in [2.05, 4.69) is 5.32 Å². The molecule has 1 aromatic heterocycles. The number of benzene rings is 2. The summed E-state index contributed by atoms with van der Waals surface area (Å²) in [6, 6.07) is 12.5. The van der Waals surface area contributed by atoms with E-state index in [0.29, 0.717) is 29.7 Å². The molecule has 2 aromatic carbocycles. The van der Waals surface area contributed by atoms with Gasteiger partial charge in [0.1, 0.15) is 5.82 Å². The van der Waals surface area contributed by atoms with Crippen LogP contribution < -0.4 is 5.32 Å². The number of aryl methyl sites for hydroxylation is 1. The predicted octanol–water partition coefficient (Wildman–Crippen LogP) is 5.48. The van der Waals surface area contributed by atoms with Crippen LogP contribution in [0, 0.1) is 12.7 Å². The number of carbonyl (C=O) groups excluding carboxylic acids is 1. The first-order chi connectivity index (χ1) is 13.5. The van der Waals surface area contributed by atoms with Crippen LogP contribution in [-0.2, 0) is 10.2 Å². The summed E-state index contributed by atoms with van der Waals surface area (Å²) in [4.78, 5) is 13.6. The third-order valence-electron chi connectivity index (χ3n) is 5.60. The molecule has 0 bridgehead atoms. The van der Waals surface area contributed by atoms with Gasteiger partial charge in [0.15, 0.2) is 0 Å². The van der Waals surface area contributed by atoms with Gasteiger partial charge in [0.25, 0.3) is 5.91 Å². The van der Waals surface area contributed by atoms with E-state index in [4.69, 9.17) is 16.3 Å². The van der Waals surface area contributed by atoms with E-state index < -0.39 is 0 Å². The molecule has 3 nitrogen and oxygen atoms in total. The Morgan fingerprint density at radius 1 is 1.21 bits per heavy atom. The zero-order valence-electron chi connectivity index (χ0n) is 15.6. The summed E-state index contributed by atoms with van der Waals surface area (Å²) >= 11 is 7.45. The number of thiophene rings is 1. The molecular formula is C22H21ClFNO2S. The van der Waals surface area contributed by atoms with Crippen LogP contribution in [0.2, 0.25) is 5.02 Å². The van der Waals surface area contributed by atoms with Crippen LogP contribution in [0.4, 0.5) is 4.39 Å². The van der Waals surface area contributed by atoms with Crippen molar-refractivity contribution < 1.29 is 13.9 Å². The first kappa shape index (κ1) is 19.4. The van der Waals surface area contributed by atoms with Gasteiger partial charge in [-0.1, -0.05) is 23.7 Å². The number of carbonyl (C=O) groups is 1. The van der Waals surface area contributed by atoms with E-state index in [9.17, 15) is 9.18 Å². The summed E-state index contributed by atoms with van der Waals surface area (Å²) in [5.41, 5.74) is 1.81. The molecule has 0 radical (unpaired) electrons. The zero-order valence-corrected chi connectivity index (χ0v) is 17.1. The van der Waals surface area contributed by atoms with Crippen molar-refractivity contribution >= 4 is 38.9 Å². The van der Waals surface area contributed by atoms with Crippen molar-refractivity contribution in [2.75, 3.05) is 19.8 Å². The Kier molecular flexibility index (Phi) is 5.41. The Bertz CT molecular complexity index is 1010. The first-order valence-electron chi connectivity index (χ1n) is 9.29. The number of hydrogen-bond donors (Lipinski definition) is 1. The average Bonchev–Trinajstić information content (AvgIpc) is 3.03. The van der Waals surface area contributed by atoms with Gasteiger partial charge in [-0.2, -0.15) is 0 Å². The fraction of sp³-hybridized carbons (Fsp3) is 0.318. The average molecular weight is 418 g/mol. The smallest absolute Gasteiger partial charge is 0.261 e. The highest BCUT2D eigenvalue weighted by Crippen LogP contribution is 2.36. The first-order valence-corrected chi connectivity index (χ1v) is 10.5. The molecule has 28 heavy (non-hydrogen) atoms. The van der Waals surface area contributed by atoms with Crippen LogP contribution in [0.1, 0.15) is 33.6 Å². The van der Waals surface area contributed by atoms with Crippen LogP contribution >= 0.6 is 22.9 Å². The molecule has 0 atom stereocenters. The van der Waals surface area contributed by atoms with Crippen molar-refractivity contribution in [2.45, 2.75) is 25.2 Å². The summed E-state index contributed by atoms with van der Waals surface area (Å²) in [6.45, 7) is 3.73. The number of hydrogen-bond acceptors (Lipinski definition) is 3. The van der Waals surface area contributed by atoms with Gasteiger partial charge in [-0.3, -0.25) is 4.79 Å². The highest BCUT2D eigenvalue weighted by atomic mass is 35.5. The number of ether oxygens (including phenoxy) is 1. The maximum Gasteiger partial charge on any atom is 0.261 e. The van der Waals surface area contributed by atoms with E-state index in [0.717, 1.165) is 34.1 Å². The Morgan fingerprint density at radius 2 is 1.93 bits per heavy atom. The molecule has 0 unspecified atom stereocenters. The third-order valence-corrected chi connectivity index (χ3v) is 7.12. The number of halogens is 2. The van der Waals surface area contributed by atoms with Gasteiger partial charge in [0.2, 0.25) is 0 Å². The van der Waals surface area contributed by atoms with E-state index in [-0.39, 0.29) is 17.1 Å². The summed E-state index contributed by atoms with van der Waals surface area (Å²) in [6.07, 6.45) is 1.68. The maximum atomic E-state index is 13.6. The van der Waals surface area contributed by atoms with Gasteiger partial charge in [-0.25, -0.2) is 4.39 Å². The van der Waals surface area contributed by atoms with Crippen LogP contribution in [0.25, 0.3) is 10.1 Å². The monoisotopic (exact) mass is 417 g/mol. The molecule has 1 amide bonds. The maximum absolute atomic E-state index is 13.6. The molecule has 1 aliphatic heterocycles. The van der Waals surface area contributed by atoms with Gasteiger partial charge in [0, 0.05) is 34.9 Å². The van der Waals surface area contributed by atoms with Crippen LogP contribution in [0.5, 0.6) is 0 Å². The van der Waals surface area contributed by atoms with E-state index in [1.165, 1.54) is 23.5 Å². The van der Waals surface area contributed by atoms with Crippen molar-refractivity contribution in [1.82, 2.24) is 5.32 Å². The molecule has 1 aliphatic rings. The molecule has 6 heteroatoms. The molecule has 1 fully saturated rings. The molecule has 146 valence electrons. The van der Waals surface area contributed by atoms with Gasteiger partial charge in [-0.15, -0.1) is 11.3 Å². The minimum absolute atomic E-state index is 0.112.